The zero-order valence-corrected chi connectivity index (χ0v) is 11.2. The fourth-order valence-electron chi connectivity index (χ4n) is 3.13. The van der Waals surface area contributed by atoms with E-state index in [1.807, 2.05) is 18.2 Å². The topological polar surface area (TPSA) is 64.4 Å². The number of hydrogen-bond acceptors (Lipinski definition) is 4. The molecule has 2 fully saturated rings. The molecular formula is C15H15N3O2. The molecule has 1 aromatic rings. The predicted octanol–water partition coefficient (Wildman–Crippen LogP) is 0.605. The van der Waals surface area contributed by atoms with Crippen LogP contribution in [0, 0.1) is 23.2 Å². The number of benzene rings is 1. The second-order valence-electron chi connectivity index (χ2n) is 5.41. The number of hydrogen-bond donors (Lipinski definition) is 0. The van der Waals surface area contributed by atoms with Gasteiger partial charge in [-0.25, -0.2) is 0 Å². The van der Waals surface area contributed by atoms with E-state index in [9.17, 15) is 9.59 Å². The van der Waals surface area contributed by atoms with Crippen LogP contribution in [0.1, 0.15) is 11.1 Å². The van der Waals surface area contributed by atoms with Gasteiger partial charge in [-0.05, 0) is 11.6 Å². The molecule has 20 heavy (non-hydrogen) atoms. The number of likely N-dealkylation sites (tertiary alicyclic amines) is 2. The largest absolute Gasteiger partial charge is 0.297 e. The molecule has 5 nitrogen and oxygen atoms in total. The second-order valence-corrected chi connectivity index (χ2v) is 5.41. The Bertz CT molecular complexity index is 596. The van der Waals surface area contributed by atoms with Crippen molar-refractivity contribution < 1.29 is 9.59 Å². The zero-order valence-electron chi connectivity index (χ0n) is 11.2. The van der Waals surface area contributed by atoms with Crippen molar-refractivity contribution in [2.75, 3.05) is 20.1 Å². The summed E-state index contributed by atoms with van der Waals surface area (Å²) < 4.78 is 0. The first kappa shape index (κ1) is 12.8. The van der Waals surface area contributed by atoms with Crippen LogP contribution in [0.3, 0.4) is 0 Å². The summed E-state index contributed by atoms with van der Waals surface area (Å²) in [5.74, 6) is -0.560. The maximum atomic E-state index is 11.9. The molecule has 2 amide bonds. The van der Waals surface area contributed by atoms with E-state index in [0.29, 0.717) is 25.2 Å². The molecule has 0 N–H and O–H groups in total. The fourth-order valence-corrected chi connectivity index (χ4v) is 3.13. The molecule has 1 aromatic carbocycles. The van der Waals surface area contributed by atoms with Gasteiger partial charge in [-0.1, -0.05) is 18.2 Å². The third-order valence-electron chi connectivity index (χ3n) is 4.22. The number of nitriles is 1. The van der Waals surface area contributed by atoms with Crippen LogP contribution >= 0.6 is 0 Å². The minimum atomic E-state index is -0.207. The number of imide groups is 1. The van der Waals surface area contributed by atoms with Crippen LogP contribution in [0.15, 0.2) is 24.3 Å². The first-order valence-corrected chi connectivity index (χ1v) is 6.63. The van der Waals surface area contributed by atoms with E-state index in [1.165, 1.54) is 4.90 Å². The second kappa shape index (κ2) is 4.73. The maximum absolute atomic E-state index is 11.9. The standard InChI is InChI=1S/C15H15N3O2/c1-17-14(19)12-8-18(9-13(12)15(17)20)7-11-5-3-2-4-10(11)6-16/h2-5,12-13H,7-9H2,1H3/t12-,13+. The fraction of sp³-hybridized carbons (Fsp3) is 0.400. The van der Waals surface area contributed by atoms with Crippen LogP contribution in [-0.4, -0.2) is 41.8 Å². The molecule has 5 heteroatoms. The van der Waals surface area contributed by atoms with Gasteiger partial charge < -0.3 is 0 Å². The normalized spacial score (nSPS) is 25.9. The number of carbonyl (C=O) groups is 2. The highest BCUT2D eigenvalue weighted by Gasteiger charge is 2.50. The SMILES string of the molecule is CN1C(=O)[C@H]2CN(Cc3ccccc3C#N)C[C@H]2C1=O. The summed E-state index contributed by atoms with van der Waals surface area (Å²) in [5.41, 5.74) is 1.60. The third-order valence-corrected chi connectivity index (χ3v) is 4.22. The van der Waals surface area contributed by atoms with E-state index in [1.54, 1.807) is 13.1 Å². The van der Waals surface area contributed by atoms with Gasteiger partial charge in [0.15, 0.2) is 0 Å². The van der Waals surface area contributed by atoms with Crippen molar-refractivity contribution in [1.29, 1.82) is 5.26 Å². The quantitative estimate of drug-likeness (QED) is 0.738. The van der Waals surface area contributed by atoms with Crippen molar-refractivity contribution in [1.82, 2.24) is 9.80 Å². The summed E-state index contributed by atoms with van der Waals surface area (Å²) >= 11 is 0. The first-order chi connectivity index (χ1) is 9.61. The van der Waals surface area contributed by atoms with Crippen LogP contribution in [0.2, 0.25) is 0 Å². The Morgan fingerprint density at radius 2 is 1.80 bits per heavy atom. The van der Waals surface area contributed by atoms with Crippen molar-refractivity contribution in [3.05, 3.63) is 35.4 Å². The molecule has 0 radical (unpaired) electrons. The molecule has 0 unspecified atom stereocenters. The molecule has 3 rings (SSSR count). The number of rotatable bonds is 2. The molecule has 0 bridgehead atoms. The molecule has 0 aliphatic carbocycles. The van der Waals surface area contributed by atoms with Gasteiger partial charge in [-0.2, -0.15) is 5.26 Å². The van der Waals surface area contributed by atoms with Crippen molar-refractivity contribution >= 4 is 11.8 Å². The number of carbonyl (C=O) groups excluding carboxylic acids is 2. The molecule has 2 saturated heterocycles. The molecular weight excluding hydrogens is 254 g/mol. The third kappa shape index (κ3) is 1.89. The average molecular weight is 269 g/mol. The van der Waals surface area contributed by atoms with Gasteiger partial charge in [-0.3, -0.25) is 19.4 Å². The van der Waals surface area contributed by atoms with Gasteiger partial charge in [0, 0.05) is 26.7 Å². The molecule has 2 aliphatic rings. The van der Waals surface area contributed by atoms with Gasteiger partial charge in [0.1, 0.15) is 0 Å². The summed E-state index contributed by atoms with van der Waals surface area (Å²) in [6, 6.07) is 9.62. The van der Waals surface area contributed by atoms with Crippen molar-refractivity contribution in [2.45, 2.75) is 6.54 Å². The van der Waals surface area contributed by atoms with Gasteiger partial charge in [-0.15, -0.1) is 0 Å². The van der Waals surface area contributed by atoms with E-state index in [4.69, 9.17) is 5.26 Å². The number of amides is 2. The lowest BCUT2D eigenvalue weighted by atomic mass is 10.00. The Kier molecular flexibility index (Phi) is 3.03. The lowest BCUT2D eigenvalue weighted by molar-refractivity contribution is -0.138. The van der Waals surface area contributed by atoms with Crippen molar-refractivity contribution in [2.24, 2.45) is 11.8 Å². The monoisotopic (exact) mass is 269 g/mol. The zero-order chi connectivity index (χ0) is 14.3. The summed E-state index contributed by atoms with van der Waals surface area (Å²) in [6.45, 7) is 1.81. The molecule has 0 saturated carbocycles. The lowest BCUT2D eigenvalue weighted by Crippen LogP contribution is -2.33. The van der Waals surface area contributed by atoms with E-state index >= 15 is 0 Å². The first-order valence-electron chi connectivity index (χ1n) is 6.63. The van der Waals surface area contributed by atoms with Crippen LogP contribution in [0.4, 0.5) is 0 Å². The van der Waals surface area contributed by atoms with E-state index in [2.05, 4.69) is 11.0 Å². The molecule has 2 aliphatic heterocycles. The minimum absolute atomic E-state index is 0.0731. The van der Waals surface area contributed by atoms with E-state index < -0.39 is 0 Å². The highest BCUT2D eigenvalue weighted by Crippen LogP contribution is 2.33. The maximum Gasteiger partial charge on any atom is 0.234 e. The molecule has 2 atom stereocenters. The van der Waals surface area contributed by atoms with E-state index in [0.717, 1.165) is 5.56 Å². The highest BCUT2D eigenvalue weighted by molar-refractivity contribution is 6.05. The minimum Gasteiger partial charge on any atom is -0.297 e. The van der Waals surface area contributed by atoms with Crippen molar-refractivity contribution in [3.63, 3.8) is 0 Å². The van der Waals surface area contributed by atoms with Crippen LogP contribution in [0.25, 0.3) is 0 Å². The van der Waals surface area contributed by atoms with Crippen LogP contribution in [-0.2, 0) is 16.1 Å². The van der Waals surface area contributed by atoms with Crippen LogP contribution in [0.5, 0.6) is 0 Å². The summed E-state index contributed by atoms with van der Waals surface area (Å²) in [6.07, 6.45) is 0. The summed E-state index contributed by atoms with van der Waals surface area (Å²) in [5, 5.41) is 9.09. The molecule has 0 spiro atoms. The number of fused-ring (bicyclic) bond motifs is 1. The van der Waals surface area contributed by atoms with E-state index in [-0.39, 0.29) is 23.7 Å². The smallest absolute Gasteiger partial charge is 0.234 e. The van der Waals surface area contributed by atoms with Crippen LogP contribution < -0.4 is 0 Å². The number of nitrogens with zero attached hydrogens (tertiary/aromatic N) is 3. The van der Waals surface area contributed by atoms with Gasteiger partial charge in [0.25, 0.3) is 0 Å². The Morgan fingerprint density at radius 1 is 1.20 bits per heavy atom. The summed E-state index contributed by atoms with van der Waals surface area (Å²) in [7, 11) is 1.55. The Balaban J connectivity index is 1.75. The molecule has 102 valence electrons. The van der Waals surface area contributed by atoms with Gasteiger partial charge in [0.05, 0.1) is 23.5 Å². The summed E-state index contributed by atoms with van der Waals surface area (Å²) in [4.78, 5) is 27.2. The Hall–Kier alpha value is -2.19. The highest BCUT2D eigenvalue weighted by atomic mass is 16.2. The van der Waals surface area contributed by atoms with Gasteiger partial charge in [0.2, 0.25) is 11.8 Å². The van der Waals surface area contributed by atoms with Gasteiger partial charge >= 0.3 is 0 Å². The predicted molar refractivity (Wildman–Crippen MR) is 71.2 cm³/mol. The Morgan fingerprint density at radius 3 is 2.40 bits per heavy atom. The molecule has 2 heterocycles. The Labute approximate surface area is 117 Å². The van der Waals surface area contributed by atoms with Crippen molar-refractivity contribution in [3.8, 4) is 6.07 Å². The average Bonchev–Trinajstić information content (AvgIpc) is 2.96. The lowest BCUT2D eigenvalue weighted by Gasteiger charge is -2.18. The molecule has 0 aromatic heterocycles.